The highest BCUT2D eigenvalue weighted by atomic mass is 16.3. The molecule has 2 nitrogen and oxygen atoms in total. The number of aromatic hydroxyl groups is 2. The van der Waals surface area contributed by atoms with Gasteiger partial charge in [0.05, 0.1) is 0 Å². The second-order valence-corrected chi connectivity index (χ2v) is 4.46. The van der Waals surface area contributed by atoms with E-state index in [1.165, 1.54) is 17.2 Å². The lowest BCUT2D eigenvalue weighted by Crippen LogP contribution is -1.81. The molecular formula is C16H16O2. The predicted octanol–water partition coefficient (Wildman–Crippen LogP) is 3.89. The smallest absolute Gasteiger partial charge is 0.119 e. The van der Waals surface area contributed by atoms with Gasteiger partial charge < -0.3 is 10.2 Å². The number of hydrogen-bond acceptors (Lipinski definition) is 2. The molecule has 2 aromatic carbocycles. The number of aryl methyl sites for hydroxylation is 2. The Kier molecular flexibility index (Phi) is 3.38. The van der Waals surface area contributed by atoms with Crippen LogP contribution in [-0.2, 0) is 0 Å². The molecule has 0 radical (unpaired) electrons. The van der Waals surface area contributed by atoms with Crippen molar-refractivity contribution >= 4 is 12.2 Å². The average molecular weight is 240 g/mol. The third kappa shape index (κ3) is 2.92. The summed E-state index contributed by atoms with van der Waals surface area (Å²) in [5.41, 5.74) is 4.38. The topological polar surface area (TPSA) is 40.5 Å². The van der Waals surface area contributed by atoms with E-state index in [4.69, 9.17) is 0 Å². The van der Waals surface area contributed by atoms with E-state index in [0.717, 1.165) is 11.1 Å². The molecule has 0 fully saturated rings. The van der Waals surface area contributed by atoms with Crippen molar-refractivity contribution < 1.29 is 10.2 Å². The van der Waals surface area contributed by atoms with E-state index < -0.39 is 0 Å². The number of hydrogen-bond donors (Lipinski definition) is 2. The lowest BCUT2D eigenvalue weighted by Gasteiger charge is -2.01. The Bertz CT molecular complexity index is 578. The number of phenolic OH excluding ortho intramolecular Hbond substituents is 2. The van der Waals surface area contributed by atoms with Gasteiger partial charge >= 0.3 is 0 Å². The van der Waals surface area contributed by atoms with Crippen LogP contribution in [0.3, 0.4) is 0 Å². The highest BCUT2D eigenvalue weighted by Crippen LogP contribution is 2.22. The monoisotopic (exact) mass is 240 g/mol. The molecule has 0 atom stereocenters. The summed E-state index contributed by atoms with van der Waals surface area (Å²) in [4.78, 5) is 0. The summed E-state index contributed by atoms with van der Waals surface area (Å²) < 4.78 is 0. The predicted molar refractivity (Wildman–Crippen MR) is 74.6 cm³/mol. The standard InChI is InChI=1S/C16H16O2/c1-11-3-4-13(7-12(11)2)5-6-14-8-15(17)10-16(18)9-14/h3-10,17-18H,1-2H3/b6-5+. The Morgan fingerprint density at radius 3 is 1.94 bits per heavy atom. The molecule has 0 amide bonds. The maximum atomic E-state index is 9.38. The minimum atomic E-state index is 0.0646. The van der Waals surface area contributed by atoms with E-state index >= 15 is 0 Å². The molecule has 2 aromatic rings. The molecule has 2 rings (SSSR count). The van der Waals surface area contributed by atoms with Gasteiger partial charge in [-0.1, -0.05) is 30.4 Å². The first-order valence-corrected chi connectivity index (χ1v) is 5.83. The van der Waals surface area contributed by atoms with Crippen LogP contribution in [0.15, 0.2) is 36.4 Å². The van der Waals surface area contributed by atoms with E-state index in [2.05, 4.69) is 26.0 Å². The highest BCUT2D eigenvalue weighted by Gasteiger charge is 1.96. The van der Waals surface area contributed by atoms with Gasteiger partial charge in [0, 0.05) is 6.07 Å². The molecule has 0 aliphatic heterocycles. The van der Waals surface area contributed by atoms with E-state index in [0.29, 0.717) is 0 Å². The molecule has 0 saturated carbocycles. The molecule has 0 aromatic heterocycles. The first kappa shape index (κ1) is 12.2. The SMILES string of the molecule is Cc1ccc(/C=C/c2cc(O)cc(O)c2)cc1C. The molecule has 0 aliphatic rings. The third-order valence-corrected chi connectivity index (χ3v) is 2.92. The Labute approximate surface area is 107 Å². The van der Waals surface area contributed by atoms with Crippen LogP contribution in [0.1, 0.15) is 22.3 Å². The fourth-order valence-corrected chi connectivity index (χ4v) is 1.77. The van der Waals surface area contributed by atoms with Crippen molar-refractivity contribution in [3.63, 3.8) is 0 Å². The molecule has 92 valence electrons. The molecule has 18 heavy (non-hydrogen) atoms. The normalized spacial score (nSPS) is 11.0. The minimum absolute atomic E-state index is 0.0646. The largest absolute Gasteiger partial charge is 0.508 e. The summed E-state index contributed by atoms with van der Waals surface area (Å²) in [6.07, 6.45) is 3.82. The van der Waals surface area contributed by atoms with Crippen molar-refractivity contribution in [3.05, 3.63) is 58.7 Å². The maximum absolute atomic E-state index is 9.38. The van der Waals surface area contributed by atoms with Crippen LogP contribution in [-0.4, -0.2) is 10.2 Å². The summed E-state index contributed by atoms with van der Waals surface area (Å²) in [5.74, 6) is 0.129. The van der Waals surface area contributed by atoms with Gasteiger partial charge in [-0.05, 0) is 48.2 Å². The summed E-state index contributed by atoms with van der Waals surface area (Å²) in [7, 11) is 0. The zero-order chi connectivity index (χ0) is 13.1. The lowest BCUT2D eigenvalue weighted by molar-refractivity contribution is 0.450. The summed E-state index contributed by atoms with van der Waals surface area (Å²) in [6, 6.07) is 10.8. The molecule has 0 bridgehead atoms. The summed E-state index contributed by atoms with van der Waals surface area (Å²) >= 11 is 0. The fourth-order valence-electron chi connectivity index (χ4n) is 1.77. The van der Waals surface area contributed by atoms with Gasteiger partial charge in [-0.25, -0.2) is 0 Å². The van der Waals surface area contributed by atoms with Gasteiger partial charge in [0.15, 0.2) is 0 Å². The molecule has 2 heteroatoms. The van der Waals surface area contributed by atoms with Crippen molar-refractivity contribution in [2.75, 3.05) is 0 Å². The molecule has 0 saturated heterocycles. The van der Waals surface area contributed by atoms with Gasteiger partial charge in [0.1, 0.15) is 11.5 Å². The lowest BCUT2D eigenvalue weighted by atomic mass is 10.1. The molecule has 0 spiro atoms. The van der Waals surface area contributed by atoms with Crippen molar-refractivity contribution in [1.82, 2.24) is 0 Å². The van der Waals surface area contributed by atoms with Gasteiger partial charge in [0.25, 0.3) is 0 Å². The molecule has 0 aliphatic carbocycles. The fraction of sp³-hybridized carbons (Fsp3) is 0.125. The van der Waals surface area contributed by atoms with E-state index in [9.17, 15) is 10.2 Å². The Hall–Kier alpha value is -2.22. The van der Waals surface area contributed by atoms with Crippen molar-refractivity contribution in [1.29, 1.82) is 0 Å². The third-order valence-electron chi connectivity index (χ3n) is 2.92. The highest BCUT2D eigenvalue weighted by molar-refractivity contribution is 5.71. The molecule has 0 heterocycles. The van der Waals surface area contributed by atoms with Crippen LogP contribution < -0.4 is 0 Å². The van der Waals surface area contributed by atoms with Crippen LogP contribution in [0.2, 0.25) is 0 Å². The first-order chi connectivity index (χ1) is 8.54. The van der Waals surface area contributed by atoms with E-state index in [-0.39, 0.29) is 11.5 Å². The van der Waals surface area contributed by atoms with Gasteiger partial charge in [0.2, 0.25) is 0 Å². The van der Waals surface area contributed by atoms with Crippen LogP contribution in [0.25, 0.3) is 12.2 Å². The quantitative estimate of drug-likeness (QED) is 0.782. The first-order valence-electron chi connectivity index (χ1n) is 5.83. The Morgan fingerprint density at radius 2 is 1.33 bits per heavy atom. The maximum Gasteiger partial charge on any atom is 0.119 e. The van der Waals surface area contributed by atoms with Crippen molar-refractivity contribution in [2.24, 2.45) is 0 Å². The Balaban J connectivity index is 2.27. The zero-order valence-electron chi connectivity index (χ0n) is 10.5. The number of rotatable bonds is 2. The van der Waals surface area contributed by atoms with Gasteiger partial charge in [-0.2, -0.15) is 0 Å². The second kappa shape index (κ2) is 4.96. The van der Waals surface area contributed by atoms with Crippen LogP contribution in [0, 0.1) is 13.8 Å². The van der Waals surface area contributed by atoms with Crippen molar-refractivity contribution in [2.45, 2.75) is 13.8 Å². The molecule has 0 unspecified atom stereocenters. The summed E-state index contributed by atoms with van der Waals surface area (Å²) in [5, 5.41) is 18.8. The molecular weight excluding hydrogens is 224 g/mol. The van der Waals surface area contributed by atoms with Crippen LogP contribution in [0.4, 0.5) is 0 Å². The zero-order valence-corrected chi connectivity index (χ0v) is 10.5. The number of phenols is 2. The van der Waals surface area contributed by atoms with E-state index in [1.807, 2.05) is 18.2 Å². The molecule has 2 N–H and O–H groups in total. The van der Waals surface area contributed by atoms with Crippen molar-refractivity contribution in [3.8, 4) is 11.5 Å². The number of benzene rings is 2. The van der Waals surface area contributed by atoms with Crippen LogP contribution in [0.5, 0.6) is 11.5 Å². The van der Waals surface area contributed by atoms with Gasteiger partial charge in [-0.3, -0.25) is 0 Å². The Morgan fingerprint density at radius 1 is 0.722 bits per heavy atom. The second-order valence-electron chi connectivity index (χ2n) is 4.46. The minimum Gasteiger partial charge on any atom is -0.508 e. The van der Waals surface area contributed by atoms with Gasteiger partial charge in [-0.15, -0.1) is 0 Å². The van der Waals surface area contributed by atoms with Crippen LogP contribution >= 0.6 is 0 Å². The van der Waals surface area contributed by atoms with E-state index in [1.54, 1.807) is 12.1 Å². The summed E-state index contributed by atoms with van der Waals surface area (Å²) in [6.45, 7) is 4.16. The average Bonchev–Trinajstić information content (AvgIpc) is 2.29.